The second-order valence-corrected chi connectivity index (χ2v) is 4.91. The maximum absolute atomic E-state index is 11.8. The van der Waals surface area contributed by atoms with Gasteiger partial charge in [0.05, 0.1) is 6.61 Å². The van der Waals surface area contributed by atoms with E-state index in [-0.39, 0.29) is 24.4 Å². The van der Waals surface area contributed by atoms with Gasteiger partial charge in [0.15, 0.2) is 0 Å². The molecular weight excluding hydrogens is 236 g/mol. The minimum Gasteiger partial charge on any atom is -0.480 e. The molecule has 0 aliphatic heterocycles. The lowest BCUT2D eigenvalue weighted by atomic mass is 10.2. The number of hydrogen-bond acceptors (Lipinski definition) is 3. The summed E-state index contributed by atoms with van der Waals surface area (Å²) in [7, 11) is 1.60. The van der Waals surface area contributed by atoms with E-state index in [0.29, 0.717) is 19.7 Å². The van der Waals surface area contributed by atoms with Gasteiger partial charge in [0.25, 0.3) is 0 Å². The van der Waals surface area contributed by atoms with Crippen molar-refractivity contribution in [3.8, 4) is 0 Å². The Hall–Kier alpha value is -1.30. The van der Waals surface area contributed by atoms with Crippen molar-refractivity contribution in [2.45, 2.75) is 20.8 Å². The third-order valence-electron chi connectivity index (χ3n) is 2.25. The van der Waals surface area contributed by atoms with Crippen LogP contribution in [0.3, 0.4) is 0 Å². The quantitative estimate of drug-likeness (QED) is 0.683. The monoisotopic (exact) mass is 260 g/mol. The summed E-state index contributed by atoms with van der Waals surface area (Å²) in [5, 5.41) is 11.5. The summed E-state index contributed by atoms with van der Waals surface area (Å²) in [5.41, 5.74) is 0. The third kappa shape index (κ3) is 7.89. The van der Waals surface area contributed by atoms with E-state index >= 15 is 0 Å². The van der Waals surface area contributed by atoms with Crippen LogP contribution in [-0.2, 0) is 9.53 Å². The van der Waals surface area contributed by atoms with Crippen molar-refractivity contribution in [3.63, 3.8) is 0 Å². The van der Waals surface area contributed by atoms with Crippen molar-refractivity contribution < 1.29 is 19.4 Å². The lowest BCUT2D eigenvalue weighted by Crippen LogP contribution is -2.45. The molecule has 0 aliphatic rings. The van der Waals surface area contributed by atoms with E-state index in [4.69, 9.17) is 9.84 Å². The summed E-state index contributed by atoms with van der Waals surface area (Å²) in [6.07, 6.45) is 0. The molecule has 1 unspecified atom stereocenters. The van der Waals surface area contributed by atoms with Gasteiger partial charge in [0.2, 0.25) is 0 Å². The van der Waals surface area contributed by atoms with Gasteiger partial charge in [0.1, 0.15) is 6.54 Å². The van der Waals surface area contributed by atoms with Gasteiger partial charge < -0.3 is 20.1 Å². The zero-order chi connectivity index (χ0) is 14.1. The first-order valence-corrected chi connectivity index (χ1v) is 6.10. The van der Waals surface area contributed by atoms with Crippen LogP contribution in [0.25, 0.3) is 0 Å². The molecule has 0 aliphatic carbocycles. The molecule has 0 heterocycles. The molecule has 2 amide bonds. The van der Waals surface area contributed by atoms with Crippen LogP contribution < -0.4 is 5.32 Å². The van der Waals surface area contributed by atoms with E-state index in [1.54, 1.807) is 7.11 Å². The lowest BCUT2D eigenvalue weighted by Gasteiger charge is -2.24. The average molecular weight is 260 g/mol. The molecule has 0 aromatic rings. The molecule has 1 atom stereocenters. The third-order valence-corrected chi connectivity index (χ3v) is 2.25. The van der Waals surface area contributed by atoms with E-state index in [2.05, 4.69) is 5.32 Å². The zero-order valence-electron chi connectivity index (χ0n) is 11.6. The highest BCUT2D eigenvalue weighted by Crippen LogP contribution is 2.00. The summed E-state index contributed by atoms with van der Waals surface area (Å²) in [6.45, 7) is 7.02. The van der Waals surface area contributed by atoms with Crippen LogP contribution in [0.15, 0.2) is 0 Å². The van der Waals surface area contributed by atoms with Crippen LogP contribution in [-0.4, -0.2) is 55.4 Å². The van der Waals surface area contributed by atoms with E-state index in [1.807, 2.05) is 20.8 Å². The second-order valence-electron chi connectivity index (χ2n) is 4.91. The molecule has 0 aromatic carbocycles. The SMILES string of the molecule is COCC(C)CNC(=O)N(CC(=O)O)CC(C)C. The smallest absolute Gasteiger partial charge is 0.323 e. The van der Waals surface area contributed by atoms with Crippen molar-refractivity contribution in [2.75, 3.05) is 33.4 Å². The van der Waals surface area contributed by atoms with E-state index in [9.17, 15) is 9.59 Å². The number of carbonyl (C=O) groups excluding carboxylic acids is 1. The molecule has 0 aromatic heterocycles. The Morgan fingerprint density at radius 2 is 1.94 bits per heavy atom. The summed E-state index contributed by atoms with van der Waals surface area (Å²) in [5.74, 6) is -0.577. The number of amides is 2. The molecule has 18 heavy (non-hydrogen) atoms. The number of carboxylic acids is 1. The molecule has 0 fully saturated rings. The molecular formula is C12H24N2O4. The van der Waals surface area contributed by atoms with Crippen molar-refractivity contribution in [2.24, 2.45) is 11.8 Å². The van der Waals surface area contributed by atoms with Crippen LogP contribution in [0.2, 0.25) is 0 Å². The molecule has 0 spiro atoms. The van der Waals surface area contributed by atoms with Gasteiger partial charge in [-0.25, -0.2) is 4.79 Å². The number of ether oxygens (including phenoxy) is 1. The number of carboxylic acid groups (broad SMARTS) is 1. The maximum Gasteiger partial charge on any atom is 0.323 e. The minimum absolute atomic E-state index is 0.199. The number of urea groups is 1. The summed E-state index contributed by atoms with van der Waals surface area (Å²) in [4.78, 5) is 23.8. The fraction of sp³-hybridized carbons (Fsp3) is 0.833. The number of rotatable bonds is 8. The van der Waals surface area contributed by atoms with Gasteiger partial charge in [-0.15, -0.1) is 0 Å². The van der Waals surface area contributed by atoms with Crippen LogP contribution in [0.5, 0.6) is 0 Å². The van der Waals surface area contributed by atoms with Crippen LogP contribution in [0, 0.1) is 11.8 Å². The number of methoxy groups -OCH3 is 1. The average Bonchev–Trinajstić information content (AvgIpc) is 2.24. The highest BCUT2D eigenvalue weighted by atomic mass is 16.5. The minimum atomic E-state index is -1.00. The molecule has 0 saturated carbocycles. The summed E-state index contributed by atoms with van der Waals surface area (Å²) >= 11 is 0. The zero-order valence-corrected chi connectivity index (χ0v) is 11.6. The molecule has 0 radical (unpaired) electrons. The molecule has 2 N–H and O–H groups in total. The number of hydrogen-bond donors (Lipinski definition) is 2. The fourth-order valence-corrected chi connectivity index (χ4v) is 1.54. The Morgan fingerprint density at radius 3 is 2.39 bits per heavy atom. The van der Waals surface area contributed by atoms with E-state index in [1.165, 1.54) is 4.90 Å². The van der Waals surface area contributed by atoms with E-state index in [0.717, 1.165) is 0 Å². The van der Waals surface area contributed by atoms with Crippen molar-refractivity contribution in [3.05, 3.63) is 0 Å². The highest BCUT2D eigenvalue weighted by molar-refractivity contribution is 5.80. The molecule has 6 nitrogen and oxygen atoms in total. The Balaban J connectivity index is 4.24. The van der Waals surface area contributed by atoms with Crippen LogP contribution in [0.1, 0.15) is 20.8 Å². The fourth-order valence-electron chi connectivity index (χ4n) is 1.54. The standard InChI is InChI=1S/C12H24N2O4/c1-9(2)6-14(7-11(15)16)12(17)13-5-10(3)8-18-4/h9-10H,5-8H2,1-4H3,(H,13,17)(H,15,16). The van der Waals surface area contributed by atoms with Gasteiger partial charge in [-0.1, -0.05) is 20.8 Å². The van der Waals surface area contributed by atoms with Gasteiger partial charge in [-0.05, 0) is 11.8 Å². The van der Waals surface area contributed by atoms with Crippen molar-refractivity contribution in [1.29, 1.82) is 0 Å². The number of nitrogens with zero attached hydrogens (tertiary/aromatic N) is 1. The van der Waals surface area contributed by atoms with Crippen LogP contribution in [0.4, 0.5) is 4.79 Å². The first-order valence-electron chi connectivity index (χ1n) is 6.10. The number of nitrogens with one attached hydrogen (secondary N) is 1. The largest absolute Gasteiger partial charge is 0.480 e. The van der Waals surface area contributed by atoms with Gasteiger partial charge in [-0.3, -0.25) is 4.79 Å². The van der Waals surface area contributed by atoms with Crippen molar-refractivity contribution >= 4 is 12.0 Å². The topological polar surface area (TPSA) is 78.9 Å². The number of aliphatic carboxylic acids is 1. The first kappa shape index (κ1) is 16.7. The van der Waals surface area contributed by atoms with Gasteiger partial charge in [-0.2, -0.15) is 0 Å². The van der Waals surface area contributed by atoms with Gasteiger partial charge >= 0.3 is 12.0 Å². The Bertz CT molecular complexity index is 269. The first-order chi connectivity index (χ1) is 8.36. The predicted octanol–water partition coefficient (Wildman–Crippen LogP) is 1.02. The molecule has 6 heteroatoms. The summed E-state index contributed by atoms with van der Waals surface area (Å²) in [6, 6.07) is -0.339. The van der Waals surface area contributed by atoms with Crippen molar-refractivity contribution in [1.82, 2.24) is 10.2 Å². The summed E-state index contributed by atoms with van der Waals surface area (Å²) < 4.78 is 4.97. The Labute approximate surface area is 108 Å². The predicted molar refractivity (Wildman–Crippen MR) is 68.5 cm³/mol. The highest BCUT2D eigenvalue weighted by Gasteiger charge is 2.18. The van der Waals surface area contributed by atoms with Gasteiger partial charge in [0, 0.05) is 20.2 Å². The lowest BCUT2D eigenvalue weighted by molar-refractivity contribution is -0.137. The molecule has 0 saturated heterocycles. The normalized spacial score (nSPS) is 12.3. The molecule has 0 rings (SSSR count). The van der Waals surface area contributed by atoms with Crippen LogP contribution >= 0.6 is 0 Å². The Kier molecular flexibility index (Phi) is 8.11. The molecule has 106 valence electrons. The van der Waals surface area contributed by atoms with E-state index < -0.39 is 5.97 Å². The second kappa shape index (κ2) is 8.74. The maximum atomic E-state index is 11.8. The number of carbonyl (C=O) groups is 2. The Morgan fingerprint density at radius 1 is 1.33 bits per heavy atom. The molecule has 0 bridgehead atoms.